The summed E-state index contributed by atoms with van der Waals surface area (Å²) < 4.78 is 42.9. The molecule has 26 heavy (non-hydrogen) atoms. The van der Waals surface area contributed by atoms with E-state index < -0.39 is 23.7 Å². The van der Waals surface area contributed by atoms with Crippen molar-refractivity contribution in [2.75, 3.05) is 4.90 Å². The smallest absolute Gasteiger partial charge is 0.416 e. The summed E-state index contributed by atoms with van der Waals surface area (Å²) in [6, 6.07) is 8.87. The van der Waals surface area contributed by atoms with Crippen LogP contribution in [0.4, 0.5) is 23.7 Å². The zero-order valence-corrected chi connectivity index (χ0v) is 14.1. The molecule has 2 N–H and O–H groups in total. The van der Waals surface area contributed by atoms with Crippen molar-refractivity contribution in [3.63, 3.8) is 0 Å². The predicted octanol–water partition coefficient (Wildman–Crippen LogP) is 4.22. The first-order chi connectivity index (χ1) is 12.1. The van der Waals surface area contributed by atoms with Gasteiger partial charge in [-0.2, -0.15) is 13.2 Å². The number of primary amides is 1. The van der Waals surface area contributed by atoms with E-state index in [1.165, 1.54) is 17.0 Å². The molecular formula is C18H17F3N2O3. The molecule has 2 aromatic carbocycles. The normalized spacial score (nSPS) is 11.3. The number of carbonyl (C=O) groups excluding carboxylic acids is 2. The van der Waals surface area contributed by atoms with E-state index in [1.54, 1.807) is 26.0 Å². The SMILES string of the molecule is CC(C)N(C(N)=O)c1ccccc1C(=O)Oc1ccc(C(F)(F)F)cc1. The maximum Gasteiger partial charge on any atom is 0.416 e. The van der Waals surface area contributed by atoms with Crippen LogP contribution in [0, 0.1) is 0 Å². The van der Waals surface area contributed by atoms with E-state index in [2.05, 4.69) is 0 Å². The van der Waals surface area contributed by atoms with Crippen LogP contribution in [0.25, 0.3) is 0 Å². The van der Waals surface area contributed by atoms with Crippen molar-refractivity contribution in [1.82, 2.24) is 0 Å². The highest BCUT2D eigenvalue weighted by Gasteiger charge is 2.30. The van der Waals surface area contributed by atoms with E-state index in [1.807, 2.05) is 0 Å². The van der Waals surface area contributed by atoms with Crippen LogP contribution in [0.3, 0.4) is 0 Å². The molecule has 0 saturated heterocycles. The minimum atomic E-state index is -4.48. The second-order valence-corrected chi connectivity index (χ2v) is 5.73. The van der Waals surface area contributed by atoms with Crippen LogP contribution >= 0.6 is 0 Å². The summed E-state index contributed by atoms with van der Waals surface area (Å²) in [5.41, 5.74) is 4.85. The summed E-state index contributed by atoms with van der Waals surface area (Å²) in [5.74, 6) is -0.861. The molecule has 0 unspecified atom stereocenters. The Kier molecular flexibility index (Phi) is 5.54. The number of nitrogens with two attached hydrogens (primary N) is 1. The summed E-state index contributed by atoms with van der Waals surface area (Å²) in [4.78, 5) is 25.4. The van der Waals surface area contributed by atoms with Gasteiger partial charge in [0.25, 0.3) is 0 Å². The second-order valence-electron chi connectivity index (χ2n) is 5.73. The van der Waals surface area contributed by atoms with Gasteiger partial charge in [-0.15, -0.1) is 0 Å². The van der Waals surface area contributed by atoms with Crippen molar-refractivity contribution in [3.8, 4) is 5.75 Å². The number of para-hydroxylation sites is 1. The summed E-state index contributed by atoms with van der Waals surface area (Å²) in [5, 5.41) is 0. The molecule has 2 aromatic rings. The van der Waals surface area contributed by atoms with Gasteiger partial charge in [0.15, 0.2) is 0 Å². The molecule has 2 rings (SSSR count). The van der Waals surface area contributed by atoms with Gasteiger partial charge in [0.05, 0.1) is 16.8 Å². The van der Waals surface area contributed by atoms with Gasteiger partial charge in [-0.05, 0) is 50.2 Å². The van der Waals surface area contributed by atoms with Gasteiger partial charge in [0.1, 0.15) is 5.75 Å². The number of hydrogen-bond donors (Lipinski definition) is 1. The van der Waals surface area contributed by atoms with Crippen LogP contribution in [0.1, 0.15) is 29.8 Å². The van der Waals surface area contributed by atoms with Crippen molar-refractivity contribution < 1.29 is 27.5 Å². The molecule has 0 radical (unpaired) electrons. The van der Waals surface area contributed by atoms with Gasteiger partial charge in [-0.25, -0.2) is 9.59 Å². The Bertz CT molecular complexity index is 802. The Hall–Kier alpha value is -3.03. The fourth-order valence-corrected chi connectivity index (χ4v) is 2.38. The van der Waals surface area contributed by atoms with Crippen LogP contribution in [-0.4, -0.2) is 18.0 Å². The summed E-state index contributed by atoms with van der Waals surface area (Å²) in [6.07, 6.45) is -4.48. The summed E-state index contributed by atoms with van der Waals surface area (Å²) in [6.45, 7) is 3.45. The van der Waals surface area contributed by atoms with E-state index >= 15 is 0 Å². The third-order valence-corrected chi connectivity index (χ3v) is 3.53. The monoisotopic (exact) mass is 366 g/mol. The molecule has 2 amide bonds. The van der Waals surface area contributed by atoms with E-state index in [-0.39, 0.29) is 23.0 Å². The number of alkyl halides is 3. The Morgan fingerprint density at radius 3 is 2.12 bits per heavy atom. The van der Waals surface area contributed by atoms with Crippen molar-refractivity contribution in [2.45, 2.75) is 26.1 Å². The Labute approximate surface area is 148 Å². The highest BCUT2D eigenvalue weighted by molar-refractivity contribution is 6.02. The predicted molar refractivity (Wildman–Crippen MR) is 90.0 cm³/mol. The number of hydrogen-bond acceptors (Lipinski definition) is 3. The number of anilines is 1. The van der Waals surface area contributed by atoms with Crippen LogP contribution in [0.15, 0.2) is 48.5 Å². The van der Waals surface area contributed by atoms with Crippen LogP contribution in [0.5, 0.6) is 5.75 Å². The van der Waals surface area contributed by atoms with Crippen molar-refractivity contribution >= 4 is 17.7 Å². The molecule has 0 atom stereocenters. The fourth-order valence-electron chi connectivity index (χ4n) is 2.38. The number of esters is 1. The molecule has 5 nitrogen and oxygen atoms in total. The molecule has 0 bridgehead atoms. The van der Waals surface area contributed by atoms with Crippen LogP contribution in [0.2, 0.25) is 0 Å². The topological polar surface area (TPSA) is 72.6 Å². The molecular weight excluding hydrogens is 349 g/mol. The minimum absolute atomic E-state index is 0.0482. The number of nitrogens with zero attached hydrogens (tertiary/aromatic N) is 1. The van der Waals surface area contributed by atoms with E-state index in [4.69, 9.17) is 10.5 Å². The Morgan fingerprint density at radius 2 is 1.62 bits per heavy atom. The first-order valence-electron chi connectivity index (χ1n) is 7.68. The highest BCUT2D eigenvalue weighted by Crippen LogP contribution is 2.31. The Balaban J connectivity index is 2.29. The van der Waals surface area contributed by atoms with Crippen LogP contribution < -0.4 is 15.4 Å². The largest absolute Gasteiger partial charge is 0.423 e. The van der Waals surface area contributed by atoms with Gasteiger partial charge in [-0.1, -0.05) is 12.1 Å². The molecule has 0 heterocycles. The Morgan fingerprint density at radius 1 is 1.04 bits per heavy atom. The van der Waals surface area contributed by atoms with Gasteiger partial charge in [-0.3, -0.25) is 4.90 Å². The van der Waals surface area contributed by atoms with Crippen molar-refractivity contribution in [1.29, 1.82) is 0 Å². The molecule has 138 valence electrons. The fraction of sp³-hybridized carbons (Fsp3) is 0.222. The number of urea groups is 1. The lowest BCUT2D eigenvalue weighted by Gasteiger charge is -2.26. The second kappa shape index (κ2) is 7.47. The molecule has 0 saturated carbocycles. The maximum atomic E-state index is 12.6. The minimum Gasteiger partial charge on any atom is -0.423 e. The summed E-state index contributed by atoms with van der Waals surface area (Å²) in [7, 11) is 0. The zero-order valence-electron chi connectivity index (χ0n) is 14.1. The third-order valence-electron chi connectivity index (χ3n) is 3.53. The maximum absolute atomic E-state index is 12.6. The average Bonchev–Trinajstić information content (AvgIpc) is 2.54. The van der Waals surface area contributed by atoms with Gasteiger partial charge in [0, 0.05) is 6.04 Å². The molecule has 0 aliphatic rings. The number of rotatable bonds is 4. The quantitative estimate of drug-likeness (QED) is 0.650. The lowest BCUT2D eigenvalue weighted by molar-refractivity contribution is -0.137. The number of benzene rings is 2. The van der Waals surface area contributed by atoms with Crippen molar-refractivity contribution in [2.24, 2.45) is 5.73 Å². The van der Waals surface area contributed by atoms with Gasteiger partial charge in [0.2, 0.25) is 0 Å². The van der Waals surface area contributed by atoms with E-state index in [0.717, 1.165) is 24.3 Å². The van der Waals surface area contributed by atoms with Gasteiger partial charge >= 0.3 is 18.2 Å². The number of carbonyl (C=O) groups is 2. The lowest BCUT2D eigenvalue weighted by Crippen LogP contribution is -2.41. The number of halogens is 3. The average molecular weight is 366 g/mol. The molecule has 0 aliphatic heterocycles. The van der Waals surface area contributed by atoms with Crippen LogP contribution in [-0.2, 0) is 6.18 Å². The molecule has 0 aromatic heterocycles. The van der Waals surface area contributed by atoms with E-state index in [0.29, 0.717) is 0 Å². The summed E-state index contributed by atoms with van der Waals surface area (Å²) >= 11 is 0. The number of ether oxygens (including phenoxy) is 1. The first kappa shape index (κ1) is 19.3. The first-order valence-corrected chi connectivity index (χ1v) is 7.68. The lowest BCUT2D eigenvalue weighted by atomic mass is 10.1. The molecule has 8 heteroatoms. The van der Waals surface area contributed by atoms with Crippen molar-refractivity contribution in [3.05, 3.63) is 59.7 Å². The number of amides is 2. The third kappa shape index (κ3) is 4.33. The van der Waals surface area contributed by atoms with E-state index in [9.17, 15) is 22.8 Å². The highest BCUT2D eigenvalue weighted by atomic mass is 19.4. The molecule has 0 spiro atoms. The van der Waals surface area contributed by atoms with Gasteiger partial charge < -0.3 is 10.5 Å². The molecule has 0 aliphatic carbocycles. The standard InChI is InChI=1S/C18H17F3N2O3/c1-11(2)23(17(22)25)15-6-4-3-5-14(15)16(24)26-13-9-7-12(8-10-13)18(19,20)21/h3-11H,1-2H3,(H2,22,25). The zero-order chi connectivity index (χ0) is 19.5. The molecule has 0 fully saturated rings.